The minimum Gasteiger partial charge on any atom is -0.507 e. The van der Waals surface area contributed by atoms with Crippen molar-refractivity contribution in [1.82, 2.24) is 14.8 Å². The maximum absolute atomic E-state index is 12.2. The molecule has 0 aliphatic carbocycles. The average molecular weight is 447 g/mol. The molecule has 0 aliphatic rings. The number of aryl methyl sites for hydroxylation is 1. The molecule has 0 unspecified atom stereocenters. The highest BCUT2D eigenvalue weighted by atomic mass is 79.9. The van der Waals surface area contributed by atoms with Crippen molar-refractivity contribution >= 4 is 39.3 Å². The van der Waals surface area contributed by atoms with Crippen molar-refractivity contribution in [3.63, 3.8) is 0 Å². The van der Waals surface area contributed by atoms with Crippen LogP contribution in [-0.2, 0) is 11.3 Å². The second-order valence-electron chi connectivity index (χ2n) is 5.91. The summed E-state index contributed by atoms with van der Waals surface area (Å²) in [4.78, 5) is 12.2. The van der Waals surface area contributed by atoms with Gasteiger partial charge < -0.3 is 15.0 Å². The van der Waals surface area contributed by atoms with E-state index in [2.05, 4.69) is 31.4 Å². The molecule has 0 fully saturated rings. The lowest BCUT2D eigenvalue weighted by molar-refractivity contribution is -0.113. The molecule has 0 aliphatic heterocycles. The van der Waals surface area contributed by atoms with Crippen molar-refractivity contribution in [2.75, 3.05) is 11.1 Å². The summed E-state index contributed by atoms with van der Waals surface area (Å²) >= 11 is 4.72. The van der Waals surface area contributed by atoms with E-state index in [1.54, 1.807) is 18.2 Å². The number of amides is 1. The predicted octanol–water partition coefficient (Wildman–Crippen LogP) is 4.47. The zero-order valence-electron chi connectivity index (χ0n) is 14.9. The van der Waals surface area contributed by atoms with Crippen LogP contribution in [0.1, 0.15) is 12.5 Å². The molecule has 140 valence electrons. The molecule has 1 amide bonds. The first-order valence-electron chi connectivity index (χ1n) is 8.39. The monoisotopic (exact) mass is 446 g/mol. The molecule has 1 heterocycles. The van der Waals surface area contributed by atoms with Gasteiger partial charge in [-0.25, -0.2) is 0 Å². The van der Waals surface area contributed by atoms with Crippen LogP contribution in [0.2, 0.25) is 0 Å². The number of rotatable bonds is 6. The van der Waals surface area contributed by atoms with Crippen LogP contribution < -0.4 is 5.32 Å². The van der Waals surface area contributed by atoms with Gasteiger partial charge in [0.1, 0.15) is 5.75 Å². The van der Waals surface area contributed by atoms with Crippen molar-refractivity contribution in [1.29, 1.82) is 0 Å². The third-order valence-electron chi connectivity index (χ3n) is 3.90. The lowest BCUT2D eigenvalue weighted by atomic mass is 10.2. The van der Waals surface area contributed by atoms with Crippen LogP contribution in [-0.4, -0.2) is 31.5 Å². The van der Waals surface area contributed by atoms with E-state index in [0.29, 0.717) is 23.1 Å². The first-order valence-corrected chi connectivity index (χ1v) is 10.2. The van der Waals surface area contributed by atoms with E-state index in [1.807, 2.05) is 42.7 Å². The van der Waals surface area contributed by atoms with Gasteiger partial charge in [-0.3, -0.25) is 4.79 Å². The fourth-order valence-corrected chi connectivity index (χ4v) is 3.69. The van der Waals surface area contributed by atoms with E-state index < -0.39 is 0 Å². The minimum atomic E-state index is -0.110. The highest BCUT2D eigenvalue weighted by molar-refractivity contribution is 9.10. The highest BCUT2D eigenvalue weighted by Gasteiger charge is 2.17. The van der Waals surface area contributed by atoms with Gasteiger partial charge in [0.15, 0.2) is 11.0 Å². The molecule has 0 atom stereocenters. The first-order chi connectivity index (χ1) is 13.0. The molecule has 0 bridgehead atoms. The maximum atomic E-state index is 12.2. The SMILES string of the molecule is CCn1c(SCC(=O)Nc2ccc(C)cc2)nnc1-c1cc(Br)ccc1O. The zero-order chi connectivity index (χ0) is 19.4. The Bertz CT molecular complexity index is 957. The number of phenolic OH excluding ortho intramolecular Hbond substituents is 1. The van der Waals surface area contributed by atoms with Gasteiger partial charge in [-0.05, 0) is 44.2 Å². The number of aromatic nitrogens is 3. The molecule has 6 nitrogen and oxygen atoms in total. The molecule has 1 aromatic heterocycles. The van der Waals surface area contributed by atoms with Crippen molar-refractivity contribution in [2.45, 2.75) is 25.5 Å². The zero-order valence-corrected chi connectivity index (χ0v) is 17.3. The van der Waals surface area contributed by atoms with Crippen LogP contribution in [0.3, 0.4) is 0 Å². The highest BCUT2D eigenvalue weighted by Crippen LogP contribution is 2.32. The van der Waals surface area contributed by atoms with E-state index in [0.717, 1.165) is 15.7 Å². The van der Waals surface area contributed by atoms with Crippen molar-refractivity contribution in [3.8, 4) is 17.1 Å². The van der Waals surface area contributed by atoms with Crippen LogP contribution in [0.15, 0.2) is 52.1 Å². The maximum Gasteiger partial charge on any atom is 0.234 e. The molecule has 2 aromatic carbocycles. The first kappa shape index (κ1) is 19.4. The molecular formula is C19H19BrN4O2S. The third kappa shape index (κ3) is 4.70. The predicted molar refractivity (Wildman–Crippen MR) is 111 cm³/mol. The molecule has 0 spiro atoms. The van der Waals surface area contributed by atoms with Gasteiger partial charge in [-0.2, -0.15) is 0 Å². The van der Waals surface area contributed by atoms with Crippen LogP contribution >= 0.6 is 27.7 Å². The van der Waals surface area contributed by atoms with Crippen LogP contribution in [0.4, 0.5) is 5.69 Å². The lowest BCUT2D eigenvalue weighted by Gasteiger charge is -2.09. The number of nitrogens with one attached hydrogen (secondary N) is 1. The number of halogens is 1. The van der Waals surface area contributed by atoms with E-state index in [4.69, 9.17) is 0 Å². The standard InChI is InChI=1S/C19H19BrN4O2S/c1-3-24-18(15-10-13(20)6-9-16(15)25)22-23-19(24)27-11-17(26)21-14-7-4-12(2)5-8-14/h4-10,25H,3,11H2,1-2H3,(H,21,26). The number of phenols is 1. The van der Waals surface area contributed by atoms with Gasteiger partial charge in [0.25, 0.3) is 0 Å². The van der Waals surface area contributed by atoms with Crippen LogP contribution in [0.5, 0.6) is 5.75 Å². The second-order valence-corrected chi connectivity index (χ2v) is 7.77. The number of hydrogen-bond donors (Lipinski definition) is 2. The summed E-state index contributed by atoms with van der Waals surface area (Å²) < 4.78 is 2.72. The fourth-order valence-electron chi connectivity index (χ4n) is 2.53. The summed E-state index contributed by atoms with van der Waals surface area (Å²) in [6.45, 7) is 4.59. The van der Waals surface area contributed by atoms with Gasteiger partial charge in [0, 0.05) is 16.7 Å². The van der Waals surface area contributed by atoms with Gasteiger partial charge in [-0.1, -0.05) is 45.4 Å². The molecule has 2 N–H and O–H groups in total. The number of carbonyl (C=O) groups is 1. The number of hydrogen-bond acceptors (Lipinski definition) is 5. The molecule has 27 heavy (non-hydrogen) atoms. The smallest absolute Gasteiger partial charge is 0.234 e. The van der Waals surface area contributed by atoms with Crippen LogP contribution in [0, 0.1) is 6.92 Å². The Hall–Kier alpha value is -2.32. The van der Waals surface area contributed by atoms with Gasteiger partial charge in [0.05, 0.1) is 11.3 Å². The molecule has 3 aromatic rings. The molecule has 8 heteroatoms. The Morgan fingerprint density at radius 2 is 1.96 bits per heavy atom. The van der Waals surface area contributed by atoms with Crippen molar-refractivity contribution in [3.05, 3.63) is 52.5 Å². The summed E-state index contributed by atoms with van der Waals surface area (Å²) in [6, 6.07) is 12.8. The summed E-state index contributed by atoms with van der Waals surface area (Å²) in [5.41, 5.74) is 2.50. The Morgan fingerprint density at radius 3 is 2.67 bits per heavy atom. The fraction of sp³-hybridized carbons (Fsp3) is 0.211. The molecule has 0 saturated heterocycles. The van der Waals surface area contributed by atoms with Crippen molar-refractivity contribution in [2.24, 2.45) is 0 Å². The van der Waals surface area contributed by atoms with E-state index in [1.165, 1.54) is 11.8 Å². The number of carbonyl (C=O) groups excluding carboxylic acids is 1. The Morgan fingerprint density at radius 1 is 1.22 bits per heavy atom. The number of thioether (sulfide) groups is 1. The van der Waals surface area contributed by atoms with Gasteiger partial charge in [-0.15, -0.1) is 10.2 Å². The average Bonchev–Trinajstić information content (AvgIpc) is 3.06. The number of anilines is 1. The normalized spacial score (nSPS) is 10.8. The number of aromatic hydroxyl groups is 1. The van der Waals surface area contributed by atoms with E-state index in [-0.39, 0.29) is 17.4 Å². The van der Waals surface area contributed by atoms with E-state index in [9.17, 15) is 9.90 Å². The Labute approximate surface area is 170 Å². The largest absolute Gasteiger partial charge is 0.507 e. The summed E-state index contributed by atoms with van der Waals surface area (Å²) in [5, 5.41) is 22.1. The van der Waals surface area contributed by atoms with Gasteiger partial charge >= 0.3 is 0 Å². The lowest BCUT2D eigenvalue weighted by Crippen LogP contribution is -2.14. The molecule has 0 saturated carbocycles. The van der Waals surface area contributed by atoms with Gasteiger partial charge in [0.2, 0.25) is 5.91 Å². The minimum absolute atomic E-state index is 0.110. The summed E-state index contributed by atoms with van der Waals surface area (Å²) in [6.07, 6.45) is 0. The quantitative estimate of drug-likeness (QED) is 0.545. The topological polar surface area (TPSA) is 80.0 Å². The molecule has 0 radical (unpaired) electrons. The molecule has 3 rings (SSSR count). The second kappa shape index (κ2) is 8.58. The Kier molecular flexibility index (Phi) is 6.18. The summed E-state index contributed by atoms with van der Waals surface area (Å²) in [7, 11) is 0. The third-order valence-corrected chi connectivity index (χ3v) is 5.36. The number of benzene rings is 2. The number of nitrogens with zero attached hydrogens (tertiary/aromatic N) is 3. The summed E-state index contributed by atoms with van der Waals surface area (Å²) in [5.74, 6) is 0.810. The van der Waals surface area contributed by atoms with E-state index >= 15 is 0 Å². The Balaban J connectivity index is 1.72. The van der Waals surface area contributed by atoms with Crippen molar-refractivity contribution < 1.29 is 9.90 Å². The van der Waals surface area contributed by atoms with Crippen LogP contribution in [0.25, 0.3) is 11.4 Å². The molecular weight excluding hydrogens is 428 g/mol.